The van der Waals surface area contributed by atoms with Crippen LogP contribution in [0.5, 0.6) is 5.75 Å². The molecule has 5 nitrogen and oxygen atoms in total. The average Bonchev–Trinajstić information content (AvgIpc) is 2.36. The summed E-state index contributed by atoms with van der Waals surface area (Å²) in [5, 5.41) is 0. The number of nitrogens with two attached hydrogens (primary N) is 1. The number of nitrogens with one attached hydrogen (secondary N) is 1. The summed E-state index contributed by atoms with van der Waals surface area (Å²) in [5.41, 5.74) is 5.33. The summed E-state index contributed by atoms with van der Waals surface area (Å²) in [4.78, 5) is 0.246. The summed E-state index contributed by atoms with van der Waals surface area (Å²) in [5.74, 6) is 0.617. The zero-order chi connectivity index (χ0) is 14.3. The lowest BCUT2D eigenvalue weighted by molar-refractivity contribution is 0.328. The van der Waals surface area contributed by atoms with Gasteiger partial charge in [-0.2, -0.15) is 0 Å². The minimum Gasteiger partial charge on any atom is -0.492 e. The van der Waals surface area contributed by atoms with Gasteiger partial charge in [-0.3, -0.25) is 0 Å². The van der Waals surface area contributed by atoms with Crippen molar-refractivity contribution in [3.05, 3.63) is 24.3 Å². The minimum atomic E-state index is -3.45. The molecule has 1 atom stereocenters. The molecule has 0 aliphatic rings. The molecular formula is C13H22N2O3S. The molecule has 1 unspecified atom stereocenters. The fraction of sp³-hybridized carbons (Fsp3) is 0.538. The van der Waals surface area contributed by atoms with E-state index in [1.165, 1.54) is 12.1 Å². The first-order chi connectivity index (χ1) is 8.99. The fourth-order valence-electron chi connectivity index (χ4n) is 1.72. The van der Waals surface area contributed by atoms with Crippen molar-refractivity contribution in [3.63, 3.8) is 0 Å². The van der Waals surface area contributed by atoms with Gasteiger partial charge in [-0.25, -0.2) is 13.1 Å². The van der Waals surface area contributed by atoms with Crippen LogP contribution in [0.15, 0.2) is 29.2 Å². The Morgan fingerprint density at radius 1 is 1.32 bits per heavy atom. The van der Waals surface area contributed by atoms with Crippen LogP contribution in [0.1, 0.15) is 26.7 Å². The van der Waals surface area contributed by atoms with Crippen LogP contribution in [0, 0.1) is 0 Å². The molecule has 0 aliphatic heterocycles. The molecule has 6 heteroatoms. The third-order valence-corrected chi connectivity index (χ3v) is 4.20. The Labute approximate surface area is 115 Å². The zero-order valence-corrected chi connectivity index (χ0v) is 12.2. The lowest BCUT2D eigenvalue weighted by Crippen LogP contribution is -2.32. The van der Waals surface area contributed by atoms with E-state index >= 15 is 0 Å². The van der Waals surface area contributed by atoms with Gasteiger partial charge in [-0.1, -0.05) is 13.3 Å². The van der Waals surface area contributed by atoms with E-state index in [0.29, 0.717) is 18.9 Å². The third-order valence-electron chi connectivity index (χ3n) is 2.60. The summed E-state index contributed by atoms with van der Waals surface area (Å²) < 4.78 is 32.1. The van der Waals surface area contributed by atoms with E-state index in [1.807, 2.05) is 13.8 Å². The highest BCUT2D eigenvalue weighted by Crippen LogP contribution is 2.16. The average molecular weight is 286 g/mol. The van der Waals surface area contributed by atoms with Gasteiger partial charge in [0.2, 0.25) is 10.0 Å². The maximum absolute atomic E-state index is 12.1. The predicted molar refractivity (Wildman–Crippen MR) is 75.7 cm³/mol. The number of ether oxygens (including phenoxy) is 1. The third kappa shape index (κ3) is 5.18. The predicted octanol–water partition coefficient (Wildman–Crippen LogP) is 1.49. The van der Waals surface area contributed by atoms with E-state index in [4.69, 9.17) is 10.5 Å². The maximum Gasteiger partial charge on any atom is 0.240 e. The summed E-state index contributed by atoms with van der Waals surface area (Å²) >= 11 is 0. The van der Waals surface area contributed by atoms with Gasteiger partial charge in [0, 0.05) is 12.6 Å². The van der Waals surface area contributed by atoms with Crippen molar-refractivity contribution in [2.75, 3.05) is 13.2 Å². The highest BCUT2D eigenvalue weighted by molar-refractivity contribution is 7.89. The van der Waals surface area contributed by atoms with Crippen molar-refractivity contribution in [1.29, 1.82) is 0 Å². The van der Waals surface area contributed by atoms with Crippen LogP contribution in [0.4, 0.5) is 0 Å². The largest absolute Gasteiger partial charge is 0.492 e. The molecular weight excluding hydrogens is 264 g/mol. The number of benzene rings is 1. The Balaban J connectivity index is 2.73. The number of sulfonamides is 1. The van der Waals surface area contributed by atoms with Crippen LogP contribution >= 0.6 is 0 Å². The molecule has 0 heterocycles. The molecule has 0 bridgehead atoms. The van der Waals surface area contributed by atoms with Crippen molar-refractivity contribution in [1.82, 2.24) is 4.72 Å². The Morgan fingerprint density at radius 2 is 1.95 bits per heavy atom. The second-order valence-electron chi connectivity index (χ2n) is 4.42. The van der Waals surface area contributed by atoms with Crippen LogP contribution in [-0.2, 0) is 10.0 Å². The fourth-order valence-corrected chi connectivity index (χ4v) is 2.99. The molecule has 0 aliphatic carbocycles. The minimum absolute atomic E-state index is 0.0665. The molecule has 0 amide bonds. The summed E-state index contributed by atoms with van der Waals surface area (Å²) in [6.07, 6.45) is 1.76. The first kappa shape index (κ1) is 15.9. The van der Waals surface area contributed by atoms with E-state index < -0.39 is 10.0 Å². The summed E-state index contributed by atoms with van der Waals surface area (Å²) in [6.45, 7) is 4.72. The summed E-state index contributed by atoms with van der Waals surface area (Å²) in [7, 11) is -3.45. The van der Waals surface area contributed by atoms with Crippen LogP contribution in [0.2, 0.25) is 0 Å². The van der Waals surface area contributed by atoms with Crippen LogP contribution in [0.25, 0.3) is 0 Å². The van der Waals surface area contributed by atoms with E-state index in [9.17, 15) is 8.42 Å². The van der Waals surface area contributed by atoms with Crippen molar-refractivity contribution < 1.29 is 13.2 Å². The van der Waals surface area contributed by atoms with E-state index in [1.54, 1.807) is 12.1 Å². The quantitative estimate of drug-likeness (QED) is 0.758. The number of hydrogen-bond donors (Lipinski definition) is 2. The maximum atomic E-state index is 12.1. The first-order valence-corrected chi connectivity index (χ1v) is 7.93. The molecule has 0 aromatic heterocycles. The highest BCUT2D eigenvalue weighted by Gasteiger charge is 2.16. The van der Waals surface area contributed by atoms with E-state index in [2.05, 4.69) is 4.72 Å². The molecule has 0 radical (unpaired) electrons. The summed E-state index contributed by atoms with van der Waals surface area (Å²) in [6, 6.07) is 6.27. The topological polar surface area (TPSA) is 81.4 Å². The zero-order valence-electron chi connectivity index (χ0n) is 11.4. The lowest BCUT2D eigenvalue weighted by Gasteiger charge is -2.13. The normalized spacial score (nSPS) is 13.2. The molecule has 108 valence electrons. The molecule has 0 saturated carbocycles. The van der Waals surface area contributed by atoms with Crippen LogP contribution < -0.4 is 15.2 Å². The van der Waals surface area contributed by atoms with Gasteiger partial charge >= 0.3 is 0 Å². The van der Waals surface area contributed by atoms with Gasteiger partial charge < -0.3 is 10.5 Å². The molecule has 0 saturated heterocycles. The molecule has 1 aromatic rings. The van der Waals surface area contributed by atoms with Crippen LogP contribution in [-0.4, -0.2) is 27.6 Å². The lowest BCUT2D eigenvalue weighted by atomic mass is 10.2. The molecule has 0 fully saturated rings. The Bertz CT molecular complexity index is 471. The van der Waals surface area contributed by atoms with Gasteiger partial charge in [-0.05, 0) is 37.6 Å². The van der Waals surface area contributed by atoms with Gasteiger partial charge in [-0.15, -0.1) is 0 Å². The van der Waals surface area contributed by atoms with Crippen molar-refractivity contribution in [2.24, 2.45) is 5.73 Å². The van der Waals surface area contributed by atoms with Crippen LogP contribution in [0.3, 0.4) is 0 Å². The SMILES string of the molecule is CCCC(C)NS(=O)(=O)c1ccc(OCCN)cc1. The van der Waals surface area contributed by atoms with Crippen molar-refractivity contribution in [3.8, 4) is 5.75 Å². The van der Waals surface area contributed by atoms with Gasteiger partial charge in [0.25, 0.3) is 0 Å². The monoisotopic (exact) mass is 286 g/mol. The van der Waals surface area contributed by atoms with Gasteiger partial charge in [0.05, 0.1) is 4.90 Å². The smallest absolute Gasteiger partial charge is 0.240 e. The van der Waals surface area contributed by atoms with Crippen molar-refractivity contribution in [2.45, 2.75) is 37.6 Å². The van der Waals surface area contributed by atoms with Crippen molar-refractivity contribution >= 4 is 10.0 Å². The number of rotatable bonds is 8. The second kappa shape index (κ2) is 7.47. The second-order valence-corrected chi connectivity index (χ2v) is 6.13. The van der Waals surface area contributed by atoms with E-state index in [0.717, 1.165) is 12.8 Å². The van der Waals surface area contributed by atoms with Gasteiger partial charge in [0.15, 0.2) is 0 Å². The molecule has 1 rings (SSSR count). The van der Waals surface area contributed by atoms with Gasteiger partial charge in [0.1, 0.15) is 12.4 Å². The molecule has 1 aromatic carbocycles. The number of hydrogen-bond acceptors (Lipinski definition) is 4. The highest BCUT2D eigenvalue weighted by atomic mass is 32.2. The molecule has 19 heavy (non-hydrogen) atoms. The first-order valence-electron chi connectivity index (χ1n) is 6.45. The Kier molecular flexibility index (Phi) is 6.27. The Hall–Kier alpha value is -1.11. The standard InChI is InChI=1S/C13H22N2O3S/c1-3-4-11(2)15-19(16,17)13-7-5-12(6-8-13)18-10-9-14/h5-8,11,15H,3-4,9-10,14H2,1-2H3. The molecule has 3 N–H and O–H groups in total. The van der Waals surface area contributed by atoms with E-state index in [-0.39, 0.29) is 10.9 Å². The Morgan fingerprint density at radius 3 is 2.47 bits per heavy atom. The molecule has 0 spiro atoms.